The second kappa shape index (κ2) is 7.83. The maximum absolute atomic E-state index is 13.2. The van der Waals surface area contributed by atoms with Crippen molar-refractivity contribution in [3.63, 3.8) is 0 Å². The molecule has 1 saturated heterocycles. The van der Waals surface area contributed by atoms with Crippen molar-refractivity contribution >= 4 is 34.1 Å². The van der Waals surface area contributed by atoms with Gasteiger partial charge in [-0.2, -0.15) is 0 Å². The Hall–Kier alpha value is -3.16. The largest absolute Gasteiger partial charge is 0.379 e. The van der Waals surface area contributed by atoms with Gasteiger partial charge in [-0.25, -0.2) is 0 Å². The van der Waals surface area contributed by atoms with Crippen molar-refractivity contribution in [3.8, 4) is 0 Å². The lowest BCUT2D eigenvalue weighted by Crippen LogP contribution is -2.39. The highest BCUT2D eigenvalue weighted by atomic mass is 16.5. The van der Waals surface area contributed by atoms with Crippen molar-refractivity contribution in [2.75, 3.05) is 38.2 Å². The van der Waals surface area contributed by atoms with Crippen LogP contribution in [0.2, 0.25) is 0 Å². The number of nitrogens with zero attached hydrogens (tertiary/aromatic N) is 2. The van der Waals surface area contributed by atoms with E-state index in [-0.39, 0.29) is 11.5 Å². The molecular formula is C24H26N4O3. The van der Waals surface area contributed by atoms with Crippen LogP contribution >= 0.6 is 0 Å². The summed E-state index contributed by atoms with van der Waals surface area (Å²) in [7, 11) is 0. The van der Waals surface area contributed by atoms with E-state index in [1.54, 1.807) is 4.57 Å². The summed E-state index contributed by atoms with van der Waals surface area (Å²) in [4.78, 5) is 31.4. The van der Waals surface area contributed by atoms with E-state index in [1.807, 2.05) is 50.4 Å². The van der Waals surface area contributed by atoms with Crippen molar-refractivity contribution in [2.45, 2.75) is 20.4 Å². The first-order valence-corrected chi connectivity index (χ1v) is 10.7. The van der Waals surface area contributed by atoms with E-state index in [0.717, 1.165) is 66.4 Å². The van der Waals surface area contributed by atoms with Gasteiger partial charge >= 0.3 is 0 Å². The molecule has 7 heteroatoms. The lowest BCUT2D eigenvalue weighted by Gasteiger charge is -2.26. The van der Waals surface area contributed by atoms with E-state index in [4.69, 9.17) is 4.74 Å². The Balaban J connectivity index is 1.49. The lowest BCUT2D eigenvalue weighted by molar-refractivity contribution is -0.110. The highest BCUT2D eigenvalue weighted by molar-refractivity contribution is 6.35. The number of morpholine rings is 1. The topological polar surface area (TPSA) is 79.4 Å². The normalized spacial score (nSPS) is 18.0. The van der Waals surface area contributed by atoms with Gasteiger partial charge in [-0.1, -0.05) is 11.6 Å². The summed E-state index contributed by atoms with van der Waals surface area (Å²) < 4.78 is 7.17. The standard InChI is InChI=1S/C24H26N4O3/c1-15-3-4-19-17(13-15)18(23(29)26-19)14-21-16(2)22-20(25-21)5-6-28(24(22)30)8-7-27-9-11-31-12-10-27/h3-6,13-14,25H,7-12H2,1-2H3,(H,26,29)/b18-14-. The summed E-state index contributed by atoms with van der Waals surface area (Å²) >= 11 is 0. The predicted molar refractivity (Wildman–Crippen MR) is 122 cm³/mol. The van der Waals surface area contributed by atoms with Crippen molar-refractivity contribution < 1.29 is 9.53 Å². The maximum atomic E-state index is 13.2. The number of H-pyrrole nitrogens is 1. The molecule has 7 nitrogen and oxygen atoms in total. The average molecular weight is 418 g/mol. The lowest BCUT2D eigenvalue weighted by atomic mass is 10.0. The third-order valence-electron chi connectivity index (χ3n) is 6.22. The quantitative estimate of drug-likeness (QED) is 0.639. The Morgan fingerprint density at radius 1 is 1.10 bits per heavy atom. The molecule has 0 radical (unpaired) electrons. The molecule has 0 aliphatic carbocycles. The number of pyridine rings is 1. The number of amides is 1. The fourth-order valence-electron chi connectivity index (χ4n) is 4.40. The second-order valence-electron chi connectivity index (χ2n) is 8.28. The van der Waals surface area contributed by atoms with Crippen LogP contribution in [0.15, 0.2) is 35.3 Å². The van der Waals surface area contributed by atoms with Gasteiger partial charge in [-0.3, -0.25) is 14.5 Å². The number of hydrogen-bond donors (Lipinski definition) is 2. The van der Waals surface area contributed by atoms with Crippen LogP contribution in [0.3, 0.4) is 0 Å². The van der Waals surface area contributed by atoms with Gasteiger partial charge in [0.15, 0.2) is 0 Å². The fourth-order valence-corrected chi connectivity index (χ4v) is 4.40. The van der Waals surface area contributed by atoms with Crippen LogP contribution in [0.25, 0.3) is 22.6 Å². The van der Waals surface area contributed by atoms with Gasteiger partial charge < -0.3 is 19.6 Å². The minimum Gasteiger partial charge on any atom is -0.379 e. The van der Waals surface area contributed by atoms with E-state index >= 15 is 0 Å². The molecule has 2 aliphatic heterocycles. The smallest absolute Gasteiger partial charge is 0.260 e. The SMILES string of the molecule is Cc1ccc2c(c1)/C(=C/c1[nH]c3ccn(CCN4CCOCC4)c(=O)c3c1C)C(=O)N2. The molecule has 4 heterocycles. The van der Waals surface area contributed by atoms with Gasteiger partial charge in [-0.15, -0.1) is 0 Å². The number of rotatable bonds is 4. The number of anilines is 1. The molecule has 3 aromatic rings. The van der Waals surface area contributed by atoms with Gasteiger partial charge in [0.1, 0.15) is 0 Å². The van der Waals surface area contributed by atoms with Crippen LogP contribution in [-0.2, 0) is 16.1 Å². The number of nitrogens with one attached hydrogen (secondary N) is 2. The van der Waals surface area contributed by atoms with Crippen molar-refractivity contribution in [1.82, 2.24) is 14.5 Å². The second-order valence-corrected chi connectivity index (χ2v) is 8.28. The van der Waals surface area contributed by atoms with Crippen molar-refractivity contribution in [2.24, 2.45) is 0 Å². The first-order valence-electron chi connectivity index (χ1n) is 10.7. The van der Waals surface area contributed by atoms with E-state index < -0.39 is 0 Å². The highest BCUT2D eigenvalue weighted by Gasteiger charge is 2.25. The number of benzene rings is 1. The van der Waals surface area contributed by atoms with Crippen LogP contribution in [0, 0.1) is 13.8 Å². The Morgan fingerprint density at radius 2 is 1.90 bits per heavy atom. The zero-order valence-corrected chi connectivity index (χ0v) is 17.8. The molecule has 160 valence electrons. The number of fused-ring (bicyclic) bond motifs is 2. The molecular weight excluding hydrogens is 392 g/mol. The zero-order valence-electron chi connectivity index (χ0n) is 17.8. The number of ether oxygens (including phenoxy) is 1. The molecule has 2 aliphatic rings. The molecule has 1 aromatic carbocycles. The summed E-state index contributed by atoms with van der Waals surface area (Å²) in [5, 5.41) is 3.60. The third kappa shape index (κ3) is 3.60. The number of hydrogen-bond acceptors (Lipinski definition) is 4. The molecule has 0 unspecified atom stereocenters. The van der Waals surface area contributed by atoms with E-state index in [1.165, 1.54) is 0 Å². The highest BCUT2D eigenvalue weighted by Crippen LogP contribution is 2.34. The summed E-state index contributed by atoms with van der Waals surface area (Å²) in [6.45, 7) is 8.72. The van der Waals surface area contributed by atoms with Crippen molar-refractivity contribution in [3.05, 3.63) is 63.2 Å². The minimum atomic E-state index is -0.124. The van der Waals surface area contributed by atoms with E-state index in [0.29, 0.717) is 17.5 Å². The zero-order chi connectivity index (χ0) is 21.5. The molecule has 1 fully saturated rings. The molecule has 31 heavy (non-hydrogen) atoms. The number of aromatic nitrogens is 2. The molecule has 1 amide bonds. The molecule has 0 spiro atoms. The van der Waals surface area contributed by atoms with Gasteiger partial charge in [0.25, 0.3) is 11.5 Å². The van der Waals surface area contributed by atoms with Gasteiger partial charge in [-0.05, 0) is 43.7 Å². The van der Waals surface area contributed by atoms with Crippen LogP contribution in [-0.4, -0.2) is 53.2 Å². The first kappa shape index (κ1) is 19.8. The predicted octanol–water partition coefficient (Wildman–Crippen LogP) is 2.77. The Kier molecular flexibility index (Phi) is 5.00. The molecule has 5 rings (SSSR count). The molecule has 2 aromatic heterocycles. The Morgan fingerprint density at radius 3 is 2.71 bits per heavy atom. The number of aryl methyl sites for hydroxylation is 2. The third-order valence-corrected chi connectivity index (χ3v) is 6.22. The fraction of sp³-hybridized carbons (Fsp3) is 0.333. The minimum absolute atomic E-state index is 0.00345. The average Bonchev–Trinajstić information content (AvgIpc) is 3.25. The molecule has 0 atom stereocenters. The maximum Gasteiger partial charge on any atom is 0.260 e. The Bertz CT molecular complexity index is 1260. The number of carbonyl (C=O) groups is 1. The molecule has 0 saturated carbocycles. The van der Waals surface area contributed by atoms with E-state index in [9.17, 15) is 9.59 Å². The van der Waals surface area contributed by atoms with Crippen LogP contribution in [0.1, 0.15) is 22.4 Å². The number of aromatic amines is 1. The van der Waals surface area contributed by atoms with Gasteiger partial charge in [0, 0.05) is 49.3 Å². The summed E-state index contributed by atoms with van der Waals surface area (Å²) in [5.41, 5.74) is 5.86. The monoisotopic (exact) mass is 418 g/mol. The van der Waals surface area contributed by atoms with Crippen molar-refractivity contribution in [1.29, 1.82) is 0 Å². The van der Waals surface area contributed by atoms with Gasteiger partial charge in [0.05, 0.1) is 29.7 Å². The Labute approximate surface area is 180 Å². The molecule has 0 bridgehead atoms. The first-order chi connectivity index (χ1) is 15.0. The van der Waals surface area contributed by atoms with E-state index in [2.05, 4.69) is 15.2 Å². The molecule has 2 N–H and O–H groups in total. The van der Waals surface area contributed by atoms with Gasteiger partial charge in [0.2, 0.25) is 0 Å². The van der Waals surface area contributed by atoms with Crippen LogP contribution < -0.4 is 10.9 Å². The van der Waals surface area contributed by atoms with Crippen LogP contribution in [0.4, 0.5) is 5.69 Å². The van der Waals surface area contributed by atoms with Crippen LogP contribution in [0.5, 0.6) is 0 Å². The summed E-state index contributed by atoms with van der Waals surface area (Å²) in [6.07, 6.45) is 3.70. The number of carbonyl (C=O) groups excluding carboxylic acids is 1. The summed E-state index contributed by atoms with van der Waals surface area (Å²) in [5.74, 6) is -0.124. The summed E-state index contributed by atoms with van der Waals surface area (Å²) in [6, 6.07) is 7.86.